The van der Waals surface area contributed by atoms with E-state index in [4.69, 9.17) is 28.4 Å². The predicted octanol–water partition coefficient (Wildman–Crippen LogP) is 9.17. The molecule has 5 aromatic carbocycles. The molecule has 0 amide bonds. The van der Waals surface area contributed by atoms with Gasteiger partial charge < -0.3 is 28.4 Å². The number of carbonyl (C=O) groups is 2. The molecule has 0 aromatic heterocycles. The Bertz CT molecular complexity index is 1890. The van der Waals surface area contributed by atoms with Gasteiger partial charge >= 0.3 is 11.9 Å². The summed E-state index contributed by atoms with van der Waals surface area (Å²) in [5, 5.41) is 0. The molecule has 8 nitrogen and oxygen atoms in total. The third-order valence-electron chi connectivity index (χ3n) is 8.14. The molecule has 0 saturated carbocycles. The lowest BCUT2D eigenvalue weighted by atomic mass is 10.00. The molecule has 0 heterocycles. The number of hydrogen-bond donors (Lipinski definition) is 0. The van der Waals surface area contributed by atoms with E-state index in [-0.39, 0.29) is 18.2 Å². The molecule has 0 aliphatic heterocycles. The molecular weight excluding hydrogens is 651 g/mol. The van der Waals surface area contributed by atoms with Gasteiger partial charge in [0.15, 0.2) is 0 Å². The second kappa shape index (κ2) is 18.2. The van der Waals surface area contributed by atoms with Gasteiger partial charge in [-0.25, -0.2) is 9.18 Å². The number of benzene rings is 5. The number of halogens is 1. The third-order valence-corrected chi connectivity index (χ3v) is 8.14. The predicted molar refractivity (Wildman–Crippen MR) is 192 cm³/mol. The van der Waals surface area contributed by atoms with E-state index in [9.17, 15) is 14.0 Å². The largest absolute Gasteiger partial charge is 0.493 e. The Hall–Kier alpha value is -5.83. The average molecular weight is 693 g/mol. The zero-order valence-corrected chi connectivity index (χ0v) is 29.0. The van der Waals surface area contributed by atoms with Crippen molar-refractivity contribution < 1.29 is 42.4 Å². The van der Waals surface area contributed by atoms with Crippen LogP contribution >= 0.6 is 0 Å². The van der Waals surface area contributed by atoms with Crippen molar-refractivity contribution in [1.82, 2.24) is 0 Å². The van der Waals surface area contributed by atoms with Crippen LogP contribution in [0.2, 0.25) is 0 Å². The third kappa shape index (κ3) is 10.1. The Labute approximate surface area is 297 Å². The molecule has 0 atom stereocenters. The van der Waals surface area contributed by atoms with Crippen LogP contribution in [0.15, 0.2) is 109 Å². The van der Waals surface area contributed by atoms with E-state index in [0.29, 0.717) is 72.5 Å². The number of rotatable bonds is 17. The van der Waals surface area contributed by atoms with Gasteiger partial charge in [-0.05, 0) is 84.1 Å². The summed E-state index contributed by atoms with van der Waals surface area (Å²) in [4.78, 5) is 23.9. The number of ether oxygens (including phenoxy) is 6. The van der Waals surface area contributed by atoms with Crippen LogP contribution in [-0.4, -0.2) is 39.4 Å². The van der Waals surface area contributed by atoms with Gasteiger partial charge in [0.25, 0.3) is 0 Å². The Morgan fingerprint density at radius 2 is 1.39 bits per heavy atom. The van der Waals surface area contributed by atoms with E-state index in [2.05, 4.69) is 6.92 Å². The lowest BCUT2D eigenvalue weighted by Crippen LogP contribution is -2.09. The summed E-state index contributed by atoms with van der Waals surface area (Å²) in [5.74, 6) is 1.87. The smallest absolute Gasteiger partial charge is 0.337 e. The van der Waals surface area contributed by atoms with Crippen molar-refractivity contribution in [2.24, 2.45) is 0 Å². The van der Waals surface area contributed by atoms with Gasteiger partial charge in [0.2, 0.25) is 0 Å². The van der Waals surface area contributed by atoms with Gasteiger partial charge in [0, 0.05) is 30.0 Å². The standard InChI is InChI=1S/C42H41FO8/c1-4-30-26-36(31-14-18-33(43)19-15-31)40(50-28-29-10-6-5-7-11-29)27-39(30)49-25-9-24-48-37-12-8-13-38(35(37)22-23-41(44)46-2)51-34-20-16-32(17-21-34)42(45)47-3/h5-8,10-21,26-27H,4,9,22-25,28H2,1-3H3. The molecule has 264 valence electrons. The Kier molecular flexibility index (Phi) is 13.0. The van der Waals surface area contributed by atoms with E-state index in [0.717, 1.165) is 28.7 Å². The zero-order valence-electron chi connectivity index (χ0n) is 29.0. The first kappa shape index (κ1) is 36.5. The van der Waals surface area contributed by atoms with Crippen LogP contribution in [0.1, 0.15) is 46.8 Å². The molecular formula is C42H41FO8. The molecule has 0 bridgehead atoms. The number of esters is 2. The second-order valence-corrected chi connectivity index (χ2v) is 11.6. The summed E-state index contributed by atoms with van der Waals surface area (Å²) in [6, 6.07) is 32.3. The van der Waals surface area contributed by atoms with Crippen molar-refractivity contribution >= 4 is 11.9 Å². The summed E-state index contributed by atoms with van der Waals surface area (Å²) in [6.45, 7) is 3.15. The lowest BCUT2D eigenvalue weighted by Gasteiger charge is -2.18. The molecule has 9 heteroatoms. The molecule has 0 radical (unpaired) electrons. The van der Waals surface area contributed by atoms with Gasteiger partial charge in [-0.1, -0.05) is 55.5 Å². The molecule has 5 aromatic rings. The molecule has 0 fully saturated rings. The molecule has 51 heavy (non-hydrogen) atoms. The van der Waals surface area contributed by atoms with Crippen molar-refractivity contribution in [3.05, 3.63) is 137 Å². The molecule has 5 rings (SSSR count). The minimum atomic E-state index is -0.440. The first-order valence-corrected chi connectivity index (χ1v) is 16.8. The summed E-state index contributed by atoms with van der Waals surface area (Å²) >= 11 is 0. The Morgan fingerprint density at radius 1 is 0.686 bits per heavy atom. The molecule has 0 aliphatic rings. The summed E-state index contributed by atoms with van der Waals surface area (Å²) < 4.78 is 48.4. The SMILES string of the molecule is CCc1cc(-c2ccc(F)cc2)c(OCc2ccccc2)cc1OCCCOc1cccc(Oc2ccc(C(=O)OC)cc2)c1CCC(=O)OC. The average Bonchev–Trinajstić information content (AvgIpc) is 3.17. The normalized spacial score (nSPS) is 10.7. The van der Waals surface area contributed by atoms with E-state index in [1.807, 2.05) is 54.6 Å². The maximum absolute atomic E-state index is 13.8. The van der Waals surface area contributed by atoms with Gasteiger partial charge in [0.05, 0.1) is 33.0 Å². The molecule has 0 spiro atoms. The van der Waals surface area contributed by atoms with Crippen molar-refractivity contribution in [3.8, 4) is 39.9 Å². The highest BCUT2D eigenvalue weighted by Gasteiger charge is 2.17. The van der Waals surface area contributed by atoms with Crippen LogP contribution in [0.5, 0.6) is 28.7 Å². The van der Waals surface area contributed by atoms with Crippen molar-refractivity contribution in [2.45, 2.75) is 39.2 Å². The zero-order chi connectivity index (χ0) is 36.0. The number of aryl methyl sites for hydroxylation is 1. The summed E-state index contributed by atoms with van der Waals surface area (Å²) in [6.07, 6.45) is 1.77. The van der Waals surface area contributed by atoms with Crippen LogP contribution in [0, 0.1) is 5.82 Å². The van der Waals surface area contributed by atoms with E-state index in [1.165, 1.54) is 26.4 Å². The molecule has 0 N–H and O–H groups in total. The minimum absolute atomic E-state index is 0.139. The monoisotopic (exact) mass is 692 g/mol. The maximum atomic E-state index is 13.8. The van der Waals surface area contributed by atoms with Gasteiger partial charge in [0.1, 0.15) is 41.2 Å². The molecule has 0 saturated heterocycles. The fourth-order valence-electron chi connectivity index (χ4n) is 5.41. The van der Waals surface area contributed by atoms with Crippen LogP contribution in [0.4, 0.5) is 4.39 Å². The number of carbonyl (C=O) groups excluding carboxylic acids is 2. The highest BCUT2D eigenvalue weighted by Crippen LogP contribution is 2.38. The van der Waals surface area contributed by atoms with Crippen LogP contribution in [0.3, 0.4) is 0 Å². The summed E-state index contributed by atoms with van der Waals surface area (Å²) in [5.41, 5.74) is 4.85. The lowest BCUT2D eigenvalue weighted by molar-refractivity contribution is -0.140. The quantitative estimate of drug-likeness (QED) is 0.0704. The van der Waals surface area contributed by atoms with Crippen LogP contribution in [-0.2, 0) is 33.7 Å². The van der Waals surface area contributed by atoms with Crippen molar-refractivity contribution in [2.75, 3.05) is 27.4 Å². The topological polar surface area (TPSA) is 89.5 Å². The number of hydrogen-bond acceptors (Lipinski definition) is 8. The first-order chi connectivity index (χ1) is 24.9. The van der Waals surface area contributed by atoms with Gasteiger partial charge in [-0.2, -0.15) is 0 Å². The van der Waals surface area contributed by atoms with E-state index in [1.54, 1.807) is 42.5 Å². The van der Waals surface area contributed by atoms with E-state index >= 15 is 0 Å². The van der Waals surface area contributed by atoms with Crippen LogP contribution in [0.25, 0.3) is 11.1 Å². The first-order valence-electron chi connectivity index (χ1n) is 16.8. The highest BCUT2D eigenvalue weighted by molar-refractivity contribution is 5.89. The maximum Gasteiger partial charge on any atom is 0.337 e. The molecule has 0 aliphatic carbocycles. The summed E-state index contributed by atoms with van der Waals surface area (Å²) in [7, 11) is 2.68. The van der Waals surface area contributed by atoms with Crippen molar-refractivity contribution in [3.63, 3.8) is 0 Å². The highest BCUT2D eigenvalue weighted by atomic mass is 19.1. The Balaban J connectivity index is 1.28. The Morgan fingerprint density at radius 3 is 2.08 bits per heavy atom. The fourth-order valence-corrected chi connectivity index (χ4v) is 5.41. The van der Waals surface area contributed by atoms with Crippen LogP contribution < -0.4 is 18.9 Å². The van der Waals surface area contributed by atoms with Crippen molar-refractivity contribution in [1.29, 1.82) is 0 Å². The van der Waals surface area contributed by atoms with Gasteiger partial charge in [-0.15, -0.1) is 0 Å². The second-order valence-electron chi connectivity index (χ2n) is 11.6. The minimum Gasteiger partial charge on any atom is -0.493 e. The number of methoxy groups -OCH3 is 2. The van der Waals surface area contributed by atoms with E-state index < -0.39 is 5.97 Å². The molecule has 0 unspecified atom stereocenters. The fraction of sp³-hybridized carbons (Fsp3) is 0.238. The van der Waals surface area contributed by atoms with Gasteiger partial charge in [-0.3, -0.25) is 4.79 Å².